The summed E-state index contributed by atoms with van der Waals surface area (Å²) in [4.78, 5) is 17.7. The van der Waals surface area contributed by atoms with Crippen LogP contribution < -0.4 is 10.5 Å². The monoisotopic (exact) mass is 703 g/mol. The molecule has 4 fully saturated rings. The van der Waals surface area contributed by atoms with Crippen LogP contribution in [0.3, 0.4) is 0 Å². The van der Waals surface area contributed by atoms with E-state index in [0.717, 1.165) is 25.7 Å². The molecule has 1 aromatic heterocycles. The number of nitrogens with zero attached hydrogens (tertiary/aromatic N) is 3. The van der Waals surface area contributed by atoms with Gasteiger partial charge in [-0.1, -0.05) is 60.1 Å². The number of carboxylic acid groups (broad SMARTS) is 1. The van der Waals surface area contributed by atoms with Gasteiger partial charge >= 0.3 is 5.97 Å². The Morgan fingerprint density at radius 1 is 1.16 bits per heavy atom. The van der Waals surface area contributed by atoms with E-state index in [1.54, 1.807) is 4.68 Å². The van der Waals surface area contributed by atoms with Crippen LogP contribution in [0.1, 0.15) is 107 Å². The molecule has 12 heteroatoms. The smallest absolute Gasteiger partial charge is 0.307 e. The number of ether oxygens (including phenoxy) is 2. The number of carboxylic acids is 1. The lowest BCUT2D eigenvalue weighted by molar-refractivity contribution is -0.252. The molecule has 5 aliphatic rings. The third-order valence-corrected chi connectivity index (χ3v) is 16.4. The highest BCUT2D eigenvalue weighted by Gasteiger charge is 2.72. The lowest BCUT2D eigenvalue weighted by Gasteiger charge is -2.71. The number of carbonyl (C=O) groups is 1. The molecular weight excluding hydrogens is 643 g/mol. The minimum atomic E-state index is -3.91. The fourth-order valence-electron chi connectivity index (χ4n) is 12.2. The molecule has 1 aromatic rings. The Kier molecular flexibility index (Phi) is 8.91. The first kappa shape index (κ1) is 36.9. The summed E-state index contributed by atoms with van der Waals surface area (Å²) in [6.07, 6.45) is 8.34. The van der Waals surface area contributed by atoms with E-state index in [4.69, 9.17) is 15.2 Å². The van der Waals surface area contributed by atoms with Gasteiger partial charge in [-0.25, -0.2) is 22.8 Å². The molecule has 3 saturated carbocycles. The van der Waals surface area contributed by atoms with Crippen LogP contribution in [-0.2, 0) is 24.3 Å². The van der Waals surface area contributed by atoms with E-state index in [-0.39, 0.29) is 45.8 Å². The predicted molar refractivity (Wildman–Crippen MR) is 187 cm³/mol. The molecule has 4 aliphatic carbocycles. The SMILES string of the molecule is CNS(=O)(=O)c1ncnn1[C@@H]1C[C@@]23COC[C@@](C)([C@@H]2CCC2C3=CC[C@@]3(C)[C@H](C(=O)O)[C@@](C)([C@H](C)C(C)C)CC[C@]23C)[C@H]1OCC(C)(C)N. The minimum absolute atomic E-state index is 0.127. The molecule has 0 radical (unpaired) electrons. The number of fused-ring (bicyclic) bond motifs is 3. The largest absolute Gasteiger partial charge is 0.481 e. The van der Waals surface area contributed by atoms with Crippen molar-refractivity contribution in [1.29, 1.82) is 0 Å². The number of hydrogen-bond donors (Lipinski definition) is 3. The van der Waals surface area contributed by atoms with Crippen LogP contribution in [0.4, 0.5) is 0 Å². The minimum Gasteiger partial charge on any atom is -0.481 e. The molecule has 1 saturated heterocycles. The summed E-state index contributed by atoms with van der Waals surface area (Å²) in [5, 5.41) is 15.5. The summed E-state index contributed by atoms with van der Waals surface area (Å²) in [6, 6.07) is -0.442. The van der Waals surface area contributed by atoms with Gasteiger partial charge in [-0.15, -0.1) is 0 Å². The maximum atomic E-state index is 13.4. The molecule has 0 spiro atoms. The Labute approximate surface area is 293 Å². The van der Waals surface area contributed by atoms with Crippen molar-refractivity contribution in [2.24, 2.45) is 62.4 Å². The number of nitrogens with two attached hydrogens (primary N) is 1. The van der Waals surface area contributed by atoms with Gasteiger partial charge < -0.3 is 20.3 Å². The number of aliphatic carboxylic acids is 1. The zero-order valence-corrected chi connectivity index (χ0v) is 32.2. The molecular formula is C37H61N5O6S. The highest BCUT2D eigenvalue weighted by Crippen LogP contribution is 2.75. The topological polar surface area (TPSA) is 159 Å². The van der Waals surface area contributed by atoms with Crippen molar-refractivity contribution in [3.05, 3.63) is 18.0 Å². The Hall–Kier alpha value is -1.86. The van der Waals surface area contributed by atoms with Crippen molar-refractivity contribution in [3.63, 3.8) is 0 Å². The van der Waals surface area contributed by atoms with Crippen molar-refractivity contribution >= 4 is 16.0 Å². The number of hydrogen-bond acceptors (Lipinski definition) is 8. The van der Waals surface area contributed by atoms with Crippen LogP contribution in [0.25, 0.3) is 0 Å². The normalized spacial score (nSPS) is 42.9. The summed E-state index contributed by atoms with van der Waals surface area (Å²) < 4.78 is 43.9. The lowest BCUT2D eigenvalue weighted by Crippen LogP contribution is -2.69. The Morgan fingerprint density at radius 2 is 1.86 bits per heavy atom. The average molecular weight is 704 g/mol. The van der Waals surface area contributed by atoms with Gasteiger partial charge in [-0.3, -0.25) is 4.79 Å². The molecule has 0 amide bonds. The molecule has 4 N–H and O–H groups in total. The van der Waals surface area contributed by atoms with E-state index < -0.39 is 50.4 Å². The highest BCUT2D eigenvalue weighted by atomic mass is 32.2. The predicted octanol–water partition coefficient (Wildman–Crippen LogP) is 5.44. The summed E-state index contributed by atoms with van der Waals surface area (Å²) >= 11 is 0. The van der Waals surface area contributed by atoms with Crippen molar-refractivity contribution in [2.75, 3.05) is 26.9 Å². The quantitative estimate of drug-likeness (QED) is 0.285. The molecule has 2 bridgehead atoms. The molecule has 276 valence electrons. The van der Waals surface area contributed by atoms with Gasteiger partial charge in [0.05, 0.1) is 37.9 Å². The van der Waals surface area contributed by atoms with Crippen molar-refractivity contribution in [2.45, 2.75) is 124 Å². The van der Waals surface area contributed by atoms with Gasteiger partial charge in [0.25, 0.3) is 15.2 Å². The van der Waals surface area contributed by atoms with Crippen LogP contribution in [0, 0.1) is 56.7 Å². The zero-order chi connectivity index (χ0) is 36.2. The second-order valence-electron chi connectivity index (χ2n) is 18.5. The van der Waals surface area contributed by atoms with Gasteiger partial charge in [0.15, 0.2) is 0 Å². The molecule has 6 rings (SSSR count). The first-order valence-electron chi connectivity index (χ1n) is 18.4. The van der Waals surface area contributed by atoms with E-state index in [9.17, 15) is 18.3 Å². The second-order valence-corrected chi connectivity index (χ2v) is 20.3. The fraction of sp³-hybridized carbons (Fsp3) is 0.865. The van der Waals surface area contributed by atoms with E-state index in [1.807, 2.05) is 13.8 Å². The van der Waals surface area contributed by atoms with E-state index in [0.29, 0.717) is 32.0 Å². The first-order valence-corrected chi connectivity index (χ1v) is 19.9. The Morgan fingerprint density at radius 3 is 2.47 bits per heavy atom. The van der Waals surface area contributed by atoms with Crippen molar-refractivity contribution in [1.82, 2.24) is 19.5 Å². The molecule has 1 aliphatic heterocycles. The summed E-state index contributed by atoms with van der Waals surface area (Å²) in [5.41, 5.74) is 5.40. The van der Waals surface area contributed by atoms with Crippen LogP contribution in [0.5, 0.6) is 0 Å². The van der Waals surface area contributed by atoms with E-state index in [2.05, 4.69) is 69.3 Å². The zero-order valence-electron chi connectivity index (χ0n) is 31.4. The molecule has 2 heterocycles. The molecule has 11 atom stereocenters. The Bertz CT molecular complexity index is 1600. The lowest BCUT2D eigenvalue weighted by atomic mass is 9.34. The maximum absolute atomic E-state index is 13.4. The van der Waals surface area contributed by atoms with Crippen LogP contribution in [-0.4, -0.2) is 72.8 Å². The number of sulfonamides is 1. The van der Waals surface area contributed by atoms with Gasteiger partial charge in [0.2, 0.25) is 0 Å². The Balaban J connectivity index is 1.50. The fourth-order valence-corrected chi connectivity index (χ4v) is 13.0. The standard InChI is InChI=1S/C37H61N5O6S/c1-22(2)23(3)33(6)15-16-35(8)24-11-12-27-34(7)19-47-20-37(27,25(24)13-14-36(35,9)28(33)30(43)44)17-26(29(34)48-18-32(4,5)38)42-31(40-21-41-42)49(45,46)39-10/h13,21-24,26-29,39H,11-12,14-20,38H2,1-10H3,(H,43,44)/t23-,24?,26-,27+,28-,29+,33-,34+,35-,36+,37+/m1/s1. The van der Waals surface area contributed by atoms with Gasteiger partial charge in [0, 0.05) is 16.4 Å². The van der Waals surface area contributed by atoms with Gasteiger partial charge in [-0.05, 0) is 99.3 Å². The summed E-state index contributed by atoms with van der Waals surface area (Å²) in [5.74, 6) is -0.0875. The van der Waals surface area contributed by atoms with Crippen LogP contribution in [0.15, 0.2) is 23.1 Å². The van der Waals surface area contributed by atoms with Crippen LogP contribution >= 0.6 is 0 Å². The number of rotatable bonds is 9. The third kappa shape index (κ3) is 5.23. The highest BCUT2D eigenvalue weighted by molar-refractivity contribution is 7.89. The molecule has 0 aromatic carbocycles. The first-order chi connectivity index (χ1) is 22.6. The van der Waals surface area contributed by atoms with Gasteiger partial charge in [-0.2, -0.15) is 5.10 Å². The van der Waals surface area contributed by atoms with Crippen molar-refractivity contribution < 1.29 is 27.8 Å². The summed E-state index contributed by atoms with van der Waals surface area (Å²) in [7, 11) is -2.53. The second kappa shape index (κ2) is 11.8. The number of aromatic nitrogens is 3. The third-order valence-electron chi connectivity index (χ3n) is 15.1. The molecule has 11 nitrogen and oxygen atoms in total. The van der Waals surface area contributed by atoms with E-state index in [1.165, 1.54) is 18.9 Å². The van der Waals surface area contributed by atoms with Crippen molar-refractivity contribution in [3.8, 4) is 0 Å². The number of nitrogens with one attached hydrogen (secondary N) is 1. The van der Waals surface area contributed by atoms with Gasteiger partial charge in [0.1, 0.15) is 6.33 Å². The average Bonchev–Trinajstić information content (AvgIpc) is 3.51. The van der Waals surface area contributed by atoms with E-state index >= 15 is 0 Å². The number of allylic oxidation sites excluding steroid dienone is 1. The van der Waals surface area contributed by atoms with Crippen LogP contribution in [0.2, 0.25) is 0 Å². The summed E-state index contributed by atoms with van der Waals surface area (Å²) in [6.45, 7) is 21.0. The molecule has 1 unspecified atom stereocenters. The maximum Gasteiger partial charge on any atom is 0.307 e. The molecule has 49 heavy (non-hydrogen) atoms.